The van der Waals surface area contributed by atoms with Crippen LogP contribution >= 0.6 is 0 Å². The lowest BCUT2D eigenvalue weighted by molar-refractivity contribution is 0.393. The van der Waals surface area contributed by atoms with E-state index in [0.29, 0.717) is 0 Å². The van der Waals surface area contributed by atoms with Gasteiger partial charge in [0.25, 0.3) is 0 Å². The molecule has 3 heteroatoms. The van der Waals surface area contributed by atoms with Gasteiger partial charge in [-0.1, -0.05) is 11.2 Å². The van der Waals surface area contributed by atoms with E-state index in [9.17, 15) is 0 Å². The number of benzene rings is 1. The average molecular weight is 240 g/mol. The fourth-order valence-electron chi connectivity index (χ4n) is 2.51. The third kappa shape index (κ3) is 1.47. The predicted octanol–water partition coefficient (Wildman–Crippen LogP) is 4.06. The molecule has 0 bridgehead atoms. The Kier molecular flexibility index (Phi) is 2.30. The van der Waals surface area contributed by atoms with Crippen LogP contribution in [0.1, 0.15) is 22.7 Å². The van der Waals surface area contributed by atoms with Crippen LogP contribution in [0.25, 0.3) is 22.0 Å². The molecule has 1 N–H and O–H groups in total. The number of nitrogens with one attached hydrogen (secondary N) is 1. The van der Waals surface area contributed by atoms with Crippen LogP contribution in [0.3, 0.4) is 0 Å². The molecular weight excluding hydrogens is 224 g/mol. The van der Waals surface area contributed by atoms with Gasteiger partial charge in [0.05, 0.1) is 5.69 Å². The molecule has 0 saturated carbocycles. The number of aromatic nitrogens is 2. The van der Waals surface area contributed by atoms with Gasteiger partial charge in [-0.3, -0.25) is 0 Å². The Balaban J connectivity index is 2.28. The summed E-state index contributed by atoms with van der Waals surface area (Å²) in [7, 11) is 0. The standard InChI is InChI=1S/C15H16N2O/c1-8-9(2)16-14-6-5-12(7-13(8)14)15-10(3)17-18-11(15)4/h5-7,16H,1-4H3. The highest BCUT2D eigenvalue weighted by atomic mass is 16.5. The lowest BCUT2D eigenvalue weighted by atomic mass is 10.0. The summed E-state index contributed by atoms with van der Waals surface area (Å²) in [6.07, 6.45) is 0. The second-order valence-corrected chi connectivity index (χ2v) is 4.83. The van der Waals surface area contributed by atoms with Gasteiger partial charge >= 0.3 is 0 Å². The van der Waals surface area contributed by atoms with Gasteiger partial charge in [0, 0.05) is 22.2 Å². The molecule has 0 spiro atoms. The molecule has 1 aromatic carbocycles. The number of nitrogens with zero attached hydrogens (tertiary/aromatic N) is 1. The van der Waals surface area contributed by atoms with Crippen LogP contribution in [-0.4, -0.2) is 10.1 Å². The normalized spacial score (nSPS) is 11.3. The Hall–Kier alpha value is -2.03. The molecule has 0 aliphatic rings. The summed E-state index contributed by atoms with van der Waals surface area (Å²) in [5, 5.41) is 5.29. The predicted molar refractivity (Wildman–Crippen MR) is 72.7 cm³/mol. The number of aromatic amines is 1. The lowest BCUT2D eigenvalue weighted by Crippen LogP contribution is -1.82. The van der Waals surface area contributed by atoms with Gasteiger partial charge in [0.1, 0.15) is 5.76 Å². The number of fused-ring (bicyclic) bond motifs is 1. The summed E-state index contributed by atoms with van der Waals surface area (Å²) in [5.41, 5.74) is 6.92. The Morgan fingerprint density at radius 1 is 1.11 bits per heavy atom. The Labute approximate surface area is 106 Å². The molecule has 0 amide bonds. The number of hydrogen-bond acceptors (Lipinski definition) is 2. The molecule has 0 aliphatic heterocycles. The molecule has 2 aromatic heterocycles. The highest BCUT2D eigenvalue weighted by Crippen LogP contribution is 2.31. The van der Waals surface area contributed by atoms with Crippen molar-refractivity contribution >= 4 is 10.9 Å². The van der Waals surface area contributed by atoms with Crippen molar-refractivity contribution in [2.45, 2.75) is 27.7 Å². The Morgan fingerprint density at radius 3 is 2.56 bits per heavy atom. The maximum absolute atomic E-state index is 5.24. The highest BCUT2D eigenvalue weighted by molar-refractivity contribution is 5.89. The van der Waals surface area contributed by atoms with Crippen LogP contribution in [0.4, 0.5) is 0 Å². The van der Waals surface area contributed by atoms with E-state index in [2.05, 4.69) is 42.2 Å². The van der Waals surface area contributed by atoms with Crippen LogP contribution in [0, 0.1) is 27.7 Å². The van der Waals surface area contributed by atoms with Crippen LogP contribution in [0.15, 0.2) is 22.7 Å². The van der Waals surface area contributed by atoms with Gasteiger partial charge in [0.15, 0.2) is 0 Å². The third-order valence-electron chi connectivity index (χ3n) is 3.63. The first-order valence-electron chi connectivity index (χ1n) is 6.10. The average Bonchev–Trinajstić information content (AvgIpc) is 2.82. The number of H-pyrrole nitrogens is 1. The first-order valence-corrected chi connectivity index (χ1v) is 6.10. The van der Waals surface area contributed by atoms with Crippen molar-refractivity contribution in [2.75, 3.05) is 0 Å². The zero-order valence-electron chi connectivity index (χ0n) is 11.1. The van der Waals surface area contributed by atoms with Gasteiger partial charge in [0.2, 0.25) is 0 Å². The molecular formula is C15H16N2O. The second kappa shape index (κ2) is 3.73. The minimum Gasteiger partial charge on any atom is -0.361 e. The van der Waals surface area contributed by atoms with Crippen molar-refractivity contribution in [1.82, 2.24) is 10.1 Å². The van der Waals surface area contributed by atoms with E-state index in [1.807, 2.05) is 13.8 Å². The first kappa shape index (κ1) is 11.1. The van der Waals surface area contributed by atoms with Crippen molar-refractivity contribution < 1.29 is 4.52 Å². The molecule has 0 unspecified atom stereocenters. The van der Waals surface area contributed by atoms with Gasteiger partial charge in [-0.25, -0.2) is 0 Å². The van der Waals surface area contributed by atoms with E-state index in [-0.39, 0.29) is 0 Å². The smallest absolute Gasteiger partial charge is 0.141 e. The molecule has 3 aromatic rings. The summed E-state index contributed by atoms with van der Waals surface area (Å²) in [4.78, 5) is 3.39. The molecule has 0 aliphatic carbocycles. The Morgan fingerprint density at radius 2 is 1.89 bits per heavy atom. The molecule has 3 nitrogen and oxygen atoms in total. The molecule has 18 heavy (non-hydrogen) atoms. The zero-order valence-corrected chi connectivity index (χ0v) is 11.1. The monoisotopic (exact) mass is 240 g/mol. The largest absolute Gasteiger partial charge is 0.361 e. The lowest BCUT2D eigenvalue weighted by Gasteiger charge is -2.01. The first-order chi connectivity index (χ1) is 8.58. The summed E-state index contributed by atoms with van der Waals surface area (Å²) in [6, 6.07) is 6.45. The summed E-state index contributed by atoms with van der Waals surface area (Å²) >= 11 is 0. The van der Waals surface area contributed by atoms with Gasteiger partial charge in [-0.05, 0) is 51.0 Å². The summed E-state index contributed by atoms with van der Waals surface area (Å²) in [5.74, 6) is 0.872. The quantitative estimate of drug-likeness (QED) is 0.697. The number of hydrogen-bond donors (Lipinski definition) is 1. The van der Waals surface area contributed by atoms with Crippen LogP contribution in [0.5, 0.6) is 0 Å². The van der Waals surface area contributed by atoms with E-state index in [1.54, 1.807) is 0 Å². The maximum Gasteiger partial charge on any atom is 0.141 e. The minimum absolute atomic E-state index is 0.872. The maximum atomic E-state index is 5.24. The molecule has 0 radical (unpaired) electrons. The highest BCUT2D eigenvalue weighted by Gasteiger charge is 2.13. The van der Waals surface area contributed by atoms with Crippen molar-refractivity contribution in [3.05, 3.63) is 40.9 Å². The molecule has 0 fully saturated rings. The molecule has 2 heterocycles. The van der Waals surface area contributed by atoms with Crippen molar-refractivity contribution in [3.63, 3.8) is 0 Å². The minimum atomic E-state index is 0.872. The molecule has 0 atom stereocenters. The molecule has 0 saturated heterocycles. The SMILES string of the molecule is Cc1noc(C)c1-c1ccc2[nH]c(C)c(C)c2c1. The van der Waals surface area contributed by atoms with E-state index >= 15 is 0 Å². The van der Waals surface area contributed by atoms with E-state index in [1.165, 1.54) is 27.7 Å². The summed E-state index contributed by atoms with van der Waals surface area (Å²) in [6.45, 7) is 8.18. The third-order valence-corrected chi connectivity index (χ3v) is 3.63. The van der Waals surface area contributed by atoms with Crippen LogP contribution < -0.4 is 0 Å². The van der Waals surface area contributed by atoms with Gasteiger partial charge in [-0.15, -0.1) is 0 Å². The second-order valence-electron chi connectivity index (χ2n) is 4.83. The van der Waals surface area contributed by atoms with Crippen LogP contribution in [-0.2, 0) is 0 Å². The molecule has 92 valence electrons. The van der Waals surface area contributed by atoms with Crippen LogP contribution in [0.2, 0.25) is 0 Å². The van der Waals surface area contributed by atoms with E-state index < -0.39 is 0 Å². The molecule has 3 rings (SSSR count). The fraction of sp³-hybridized carbons (Fsp3) is 0.267. The number of rotatable bonds is 1. The van der Waals surface area contributed by atoms with Crippen molar-refractivity contribution in [1.29, 1.82) is 0 Å². The van der Waals surface area contributed by atoms with Gasteiger partial charge < -0.3 is 9.51 Å². The van der Waals surface area contributed by atoms with E-state index in [4.69, 9.17) is 4.52 Å². The van der Waals surface area contributed by atoms with Crippen molar-refractivity contribution in [3.8, 4) is 11.1 Å². The number of aryl methyl sites for hydroxylation is 4. The van der Waals surface area contributed by atoms with E-state index in [0.717, 1.165) is 17.0 Å². The van der Waals surface area contributed by atoms with Crippen molar-refractivity contribution in [2.24, 2.45) is 0 Å². The summed E-state index contributed by atoms with van der Waals surface area (Å²) < 4.78 is 5.24. The zero-order chi connectivity index (χ0) is 12.9. The Bertz CT molecular complexity index is 715. The van der Waals surface area contributed by atoms with Gasteiger partial charge in [-0.2, -0.15) is 0 Å². The topological polar surface area (TPSA) is 41.8 Å². The fourth-order valence-corrected chi connectivity index (χ4v) is 2.51.